The second kappa shape index (κ2) is 6.66. The minimum absolute atomic E-state index is 1.05. The molecule has 0 bridgehead atoms. The molecule has 1 aliphatic rings. The van der Waals surface area contributed by atoms with Crippen molar-refractivity contribution in [2.75, 3.05) is 32.7 Å². The zero-order chi connectivity index (χ0) is 12.1. The van der Waals surface area contributed by atoms with E-state index in [4.69, 9.17) is 0 Å². The highest BCUT2D eigenvalue weighted by molar-refractivity contribution is 14.1. The fourth-order valence-electron chi connectivity index (χ4n) is 2.25. The summed E-state index contributed by atoms with van der Waals surface area (Å²) in [7, 11) is 0. The highest BCUT2D eigenvalue weighted by Crippen LogP contribution is 2.09. The fourth-order valence-corrected chi connectivity index (χ4v) is 2.56. The molecule has 3 nitrogen and oxygen atoms in total. The zero-order valence-corrected chi connectivity index (χ0v) is 12.6. The van der Waals surface area contributed by atoms with Crippen LogP contribution in [0.5, 0.6) is 0 Å². The number of piperazine rings is 1. The summed E-state index contributed by atoms with van der Waals surface area (Å²) in [5, 5.41) is 0. The number of halogens is 1. The minimum Gasteiger partial charge on any atom is -0.301 e. The molecule has 0 atom stereocenters. The first-order valence-electron chi connectivity index (χ1n) is 6.33. The van der Waals surface area contributed by atoms with Crippen LogP contribution in [-0.4, -0.2) is 47.5 Å². The number of nitrogens with zero attached hydrogens (tertiary/aromatic N) is 3. The van der Waals surface area contributed by atoms with Gasteiger partial charge in [0.25, 0.3) is 0 Å². The Morgan fingerprint density at radius 2 is 1.88 bits per heavy atom. The molecular weight excluding hydrogens is 325 g/mol. The molecule has 0 spiro atoms. The standard InChI is InChI=1S/C13H20IN3/c1-2-5-16-6-8-17(9-7-16)11-12-3-4-13(14)15-10-12/h3-4,10H,2,5-9,11H2,1H3. The van der Waals surface area contributed by atoms with Crippen LogP contribution in [0.25, 0.3) is 0 Å². The molecule has 17 heavy (non-hydrogen) atoms. The van der Waals surface area contributed by atoms with Crippen LogP contribution in [0.1, 0.15) is 18.9 Å². The fraction of sp³-hybridized carbons (Fsp3) is 0.615. The summed E-state index contributed by atoms with van der Waals surface area (Å²) in [5.41, 5.74) is 1.33. The second-order valence-electron chi connectivity index (χ2n) is 4.61. The molecule has 0 N–H and O–H groups in total. The zero-order valence-electron chi connectivity index (χ0n) is 10.4. The van der Waals surface area contributed by atoms with E-state index in [1.165, 1.54) is 44.7 Å². The lowest BCUT2D eigenvalue weighted by molar-refractivity contribution is 0.127. The monoisotopic (exact) mass is 345 g/mol. The topological polar surface area (TPSA) is 19.4 Å². The van der Waals surface area contributed by atoms with Gasteiger partial charge < -0.3 is 4.90 Å². The van der Waals surface area contributed by atoms with Crippen molar-refractivity contribution in [2.24, 2.45) is 0 Å². The summed E-state index contributed by atoms with van der Waals surface area (Å²) in [6.07, 6.45) is 3.27. The molecule has 1 aliphatic heterocycles. The Morgan fingerprint density at radius 1 is 1.18 bits per heavy atom. The van der Waals surface area contributed by atoms with Gasteiger partial charge in [0.05, 0.1) is 0 Å². The van der Waals surface area contributed by atoms with Gasteiger partial charge in [-0.05, 0) is 47.2 Å². The first kappa shape index (κ1) is 13.2. The van der Waals surface area contributed by atoms with E-state index in [0.717, 1.165) is 10.2 Å². The normalized spacial score (nSPS) is 18.5. The Bertz CT molecular complexity index is 331. The van der Waals surface area contributed by atoms with Crippen molar-refractivity contribution in [2.45, 2.75) is 19.9 Å². The molecule has 94 valence electrons. The van der Waals surface area contributed by atoms with Gasteiger partial charge in [0.15, 0.2) is 0 Å². The highest BCUT2D eigenvalue weighted by atomic mass is 127. The third-order valence-electron chi connectivity index (χ3n) is 3.20. The summed E-state index contributed by atoms with van der Waals surface area (Å²) in [5.74, 6) is 0. The molecular formula is C13H20IN3. The van der Waals surface area contributed by atoms with E-state index < -0.39 is 0 Å². The minimum atomic E-state index is 1.05. The molecule has 0 amide bonds. The average Bonchev–Trinajstić information content (AvgIpc) is 2.35. The SMILES string of the molecule is CCCN1CCN(Cc2ccc(I)nc2)CC1. The van der Waals surface area contributed by atoms with E-state index in [2.05, 4.69) is 56.4 Å². The van der Waals surface area contributed by atoms with E-state index in [1.54, 1.807) is 0 Å². The van der Waals surface area contributed by atoms with Gasteiger partial charge in [-0.1, -0.05) is 13.0 Å². The molecule has 1 aromatic heterocycles. The molecule has 1 saturated heterocycles. The number of aromatic nitrogens is 1. The molecule has 0 saturated carbocycles. The predicted molar refractivity (Wildman–Crippen MR) is 79.0 cm³/mol. The first-order valence-corrected chi connectivity index (χ1v) is 7.41. The van der Waals surface area contributed by atoms with Gasteiger partial charge in [-0.25, -0.2) is 0 Å². The van der Waals surface area contributed by atoms with Crippen molar-refractivity contribution < 1.29 is 0 Å². The summed E-state index contributed by atoms with van der Waals surface area (Å²) in [4.78, 5) is 9.42. The van der Waals surface area contributed by atoms with Gasteiger partial charge >= 0.3 is 0 Å². The van der Waals surface area contributed by atoms with Crippen LogP contribution in [0.3, 0.4) is 0 Å². The molecule has 4 heteroatoms. The van der Waals surface area contributed by atoms with E-state index in [9.17, 15) is 0 Å². The average molecular weight is 345 g/mol. The van der Waals surface area contributed by atoms with Crippen LogP contribution in [0.15, 0.2) is 18.3 Å². The maximum absolute atomic E-state index is 4.34. The molecule has 0 unspecified atom stereocenters. The van der Waals surface area contributed by atoms with Crippen LogP contribution in [-0.2, 0) is 6.54 Å². The largest absolute Gasteiger partial charge is 0.301 e. The van der Waals surface area contributed by atoms with E-state index in [-0.39, 0.29) is 0 Å². The Labute approximate surface area is 117 Å². The lowest BCUT2D eigenvalue weighted by Crippen LogP contribution is -2.45. The maximum atomic E-state index is 4.34. The summed E-state index contributed by atoms with van der Waals surface area (Å²) >= 11 is 2.25. The summed E-state index contributed by atoms with van der Waals surface area (Å²) < 4.78 is 1.07. The molecule has 0 aliphatic carbocycles. The van der Waals surface area contributed by atoms with Gasteiger partial charge in [-0.2, -0.15) is 0 Å². The van der Waals surface area contributed by atoms with Crippen molar-refractivity contribution in [3.8, 4) is 0 Å². The Hall–Kier alpha value is -0.200. The highest BCUT2D eigenvalue weighted by Gasteiger charge is 2.15. The third kappa shape index (κ3) is 4.19. The van der Waals surface area contributed by atoms with Crippen molar-refractivity contribution in [1.82, 2.24) is 14.8 Å². The van der Waals surface area contributed by atoms with Gasteiger partial charge in [0.2, 0.25) is 0 Å². The first-order chi connectivity index (χ1) is 8.28. The van der Waals surface area contributed by atoms with Crippen LogP contribution >= 0.6 is 22.6 Å². The van der Waals surface area contributed by atoms with Crippen molar-refractivity contribution in [3.63, 3.8) is 0 Å². The van der Waals surface area contributed by atoms with E-state index in [0.29, 0.717) is 0 Å². The van der Waals surface area contributed by atoms with Crippen molar-refractivity contribution >= 4 is 22.6 Å². The third-order valence-corrected chi connectivity index (χ3v) is 3.84. The summed E-state index contributed by atoms with van der Waals surface area (Å²) in [6.45, 7) is 9.35. The Morgan fingerprint density at radius 3 is 2.47 bits per heavy atom. The molecule has 0 radical (unpaired) electrons. The number of rotatable bonds is 4. The van der Waals surface area contributed by atoms with Gasteiger partial charge in [0, 0.05) is 38.9 Å². The molecule has 2 heterocycles. The number of pyridine rings is 1. The van der Waals surface area contributed by atoms with Crippen molar-refractivity contribution in [1.29, 1.82) is 0 Å². The maximum Gasteiger partial charge on any atom is 0.101 e. The molecule has 1 aromatic rings. The van der Waals surface area contributed by atoms with Crippen LogP contribution in [0.2, 0.25) is 0 Å². The van der Waals surface area contributed by atoms with Gasteiger partial charge in [-0.15, -0.1) is 0 Å². The van der Waals surface area contributed by atoms with E-state index >= 15 is 0 Å². The van der Waals surface area contributed by atoms with Gasteiger partial charge in [0.1, 0.15) is 3.70 Å². The second-order valence-corrected chi connectivity index (χ2v) is 5.71. The Kier molecular flexibility index (Phi) is 5.18. The van der Waals surface area contributed by atoms with Crippen molar-refractivity contribution in [3.05, 3.63) is 27.6 Å². The summed E-state index contributed by atoms with van der Waals surface area (Å²) in [6, 6.07) is 4.27. The van der Waals surface area contributed by atoms with E-state index in [1.807, 2.05) is 6.20 Å². The molecule has 2 rings (SSSR count). The van der Waals surface area contributed by atoms with Crippen LogP contribution in [0.4, 0.5) is 0 Å². The lowest BCUT2D eigenvalue weighted by atomic mass is 10.2. The number of hydrogen-bond acceptors (Lipinski definition) is 3. The van der Waals surface area contributed by atoms with Gasteiger partial charge in [-0.3, -0.25) is 9.88 Å². The predicted octanol–water partition coefficient (Wildman–Crippen LogP) is 2.21. The molecule has 1 fully saturated rings. The quantitative estimate of drug-likeness (QED) is 0.616. The Balaban J connectivity index is 1.79. The smallest absolute Gasteiger partial charge is 0.101 e. The number of hydrogen-bond donors (Lipinski definition) is 0. The van der Waals surface area contributed by atoms with Crippen LogP contribution < -0.4 is 0 Å². The van der Waals surface area contributed by atoms with Crippen LogP contribution in [0, 0.1) is 3.70 Å². The molecule has 0 aromatic carbocycles. The lowest BCUT2D eigenvalue weighted by Gasteiger charge is -2.34.